The van der Waals surface area contributed by atoms with Gasteiger partial charge in [-0.25, -0.2) is 0 Å². The zero-order valence-electron chi connectivity index (χ0n) is 9.67. The molecule has 0 fully saturated rings. The molecule has 0 spiro atoms. The summed E-state index contributed by atoms with van der Waals surface area (Å²) in [6.07, 6.45) is 2.78. The van der Waals surface area contributed by atoms with E-state index in [0.29, 0.717) is 0 Å². The van der Waals surface area contributed by atoms with Crippen molar-refractivity contribution in [1.29, 1.82) is 0 Å². The highest BCUT2D eigenvalue weighted by Crippen LogP contribution is 2.39. The Morgan fingerprint density at radius 2 is 2.17 bits per heavy atom. The maximum absolute atomic E-state index is 5.60. The lowest BCUT2D eigenvalue weighted by Gasteiger charge is -2.16. The number of hydrogen-bond donors (Lipinski definition) is 1. The Kier molecular flexibility index (Phi) is 5.50. The van der Waals surface area contributed by atoms with Crippen molar-refractivity contribution in [1.82, 2.24) is 5.32 Å². The quantitative estimate of drug-likeness (QED) is 0.621. The molecule has 0 bridgehead atoms. The van der Waals surface area contributed by atoms with Crippen LogP contribution >= 0.6 is 59.1 Å². The van der Waals surface area contributed by atoms with Gasteiger partial charge in [-0.05, 0) is 72.9 Å². The zero-order valence-corrected chi connectivity index (χ0v) is 15.2. The summed E-state index contributed by atoms with van der Waals surface area (Å²) in [5.41, 5.74) is 1.19. The lowest BCUT2D eigenvalue weighted by molar-refractivity contribution is 0.444. The number of hydrogen-bond acceptors (Lipinski definition) is 3. The molecule has 2 nitrogen and oxygen atoms in total. The molecule has 2 heterocycles. The van der Waals surface area contributed by atoms with Crippen LogP contribution in [0.2, 0.25) is 0 Å². The van der Waals surface area contributed by atoms with Crippen molar-refractivity contribution in [2.24, 2.45) is 0 Å². The van der Waals surface area contributed by atoms with Gasteiger partial charge in [-0.3, -0.25) is 0 Å². The summed E-state index contributed by atoms with van der Waals surface area (Å²) in [6, 6.07) is 4.11. The predicted molar refractivity (Wildman–Crippen MR) is 86.3 cm³/mol. The molecule has 2 rings (SSSR count). The molecular weight excluding hydrogens is 446 g/mol. The second-order valence-electron chi connectivity index (χ2n) is 3.80. The van der Waals surface area contributed by atoms with Gasteiger partial charge in [-0.1, -0.05) is 6.92 Å². The summed E-state index contributed by atoms with van der Waals surface area (Å²) in [6.45, 7) is 3.09. The molecule has 0 aliphatic heterocycles. The van der Waals surface area contributed by atoms with Crippen LogP contribution in [0.4, 0.5) is 0 Å². The van der Waals surface area contributed by atoms with E-state index in [2.05, 4.69) is 66.1 Å². The molecule has 0 aliphatic carbocycles. The van der Waals surface area contributed by atoms with Crippen LogP contribution in [0.3, 0.4) is 0 Å². The molecular formula is C12H12Br3NOS. The first-order valence-corrected chi connectivity index (χ1v) is 8.74. The lowest BCUT2D eigenvalue weighted by atomic mass is 10.1. The van der Waals surface area contributed by atoms with Gasteiger partial charge in [0.1, 0.15) is 5.76 Å². The molecule has 18 heavy (non-hydrogen) atoms. The van der Waals surface area contributed by atoms with Crippen molar-refractivity contribution in [3.63, 3.8) is 0 Å². The summed E-state index contributed by atoms with van der Waals surface area (Å²) in [7, 11) is 0. The van der Waals surface area contributed by atoms with E-state index in [0.717, 1.165) is 30.8 Å². The van der Waals surface area contributed by atoms with Crippen molar-refractivity contribution in [3.8, 4) is 0 Å². The second kappa shape index (κ2) is 6.70. The average molecular weight is 458 g/mol. The Morgan fingerprint density at radius 1 is 1.39 bits per heavy atom. The fourth-order valence-electron chi connectivity index (χ4n) is 1.69. The van der Waals surface area contributed by atoms with Crippen LogP contribution in [0.25, 0.3) is 0 Å². The molecule has 2 aromatic rings. The molecule has 0 amide bonds. The van der Waals surface area contributed by atoms with E-state index in [1.165, 1.54) is 5.56 Å². The van der Waals surface area contributed by atoms with Gasteiger partial charge >= 0.3 is 0 Å². The van der Waals surface area contributed by atoms with Crippen LogP contribution in [-0.4, -0.2) is 6.54 Å². The Balaban J connectivity index is 2.37. The predicted octanol–water partition coefficient (Wildman–Crippen LogP) is 5.72. The highest BCUT2D eigenvalue weighted by Gasteiger charge is 2.23. The molecule has 1 atom stereocenters. The number of furan rings is 1. The van der Waals surface area contributed by atoms with Gasteiger partial charge in [0.05, 0.1) is 24.4 Å². The summed E-state index contributed by atoms with van der Waals surface area (Å²) in [5.74, 6) is 0.912. The van der Waals surface area contributed by atoms with Crippen LogP contribution in [0.5, 0.6) is 0 Å². The minimum atomic E-state index is 0.0613. The van der Waals surface area contributed by atoms with E-state index in [-0.39, 0.29) is 6.04 Å². The van der Waals surface area contributed by atoms with Gasteiger partial charge < -0.3 is 9.73 Å². The molecule has 1 unspecified atom stereocenters. The SMILES string of the molecule is CCCNC(c1cc(Br)sc1Br)c1occc1Br. The average Bonchev–Trinajstić information content (AvgIpc) is 2.87. The molecule has 0 saturated heterocycles. The topological polar surface area (TPSA) is 25.2 Å². The van der Waals surface area contributed by atoms with E-state index < -0.39 is 0 Å². The first kappa shape index (κ1) is 14.8. The standard InChI is InChI=1S/C12H12Br3NOS/c1-2-4-16-10(11-8(13)3-5-17-11)7-6-9(14)18-12(7)15/h3,5-6,10,16H,2,4H2,1H3. The Hall–Kier alpha value is 0.380. The molecule has 0 saturated carbocycles. The first-order valence-electron chi connectivity index (χ1n) is 5.54. The smallest absolute Gasteiger partial charge is 0.139 e. The van der Waals surface area contributed by atoms with E-state index in [9.17, 15) is 0 Å². The number of rotatable bonds is 5. The molecule has 1 N–H and O–H groups in total. The molecule has 0 aromatic carbocycles. The third-order valence-corrected chi connectivity index (χ3v) is 5.54. The first-order chi connectivity index (χ1) is 8.63. The maximum Gasteiger partial charge on any atom is 0.139 e. The van der Waals surface area contributed by atoms with Crippen molar-refractivity contribution in [3.05, 3.63) is 41.8 Å². The van der Waals surface area contributed by atoms with Crippen LogP contribution in [0.15, 0.2) is 34.9 Å². The van der Waals surface area contributed by atoms with Gasteiger partial charge in [0, 0.05) is 5.56 Å². The monoisotopic (exact) mass is 455 g/mol. The van der Waals surface area contributed by atoms with Crippen LogP contribution in [0.1, 0.15) is 30.7 Å². The summed E-state index contributed by atoms with van der Waals surface area (Å²) in [5, 5.41) is 3.52. The molecule has 0 radical (unpaired) electrons. The second-order valence-corrected chi connectivity index (χ2v) is 8.40. The lowest BCUT2D eigenvalue weighted by Crippen LogP contribution is -2.22. The van der Waals surface area contributed by atoms with E-state index >= 15 is 0 Å². The van der Waals surface area contributed by atoms with Gasteiger partial charge in [0.15, 0.2) is 0 Å². The van der Waals surface area contributed by atoms with E-state index in [1.54, 1.807) is 17.6 Å². The van der Waals surface area contributed by atoms with Crippen molar-refractivity contribution >= 4 is 59.1 Å². The van der Waals surface area contributed by atoms with Gasteiger partial charge in [0.25, 0.3) is 0 Å². The summed E-state index contributed by atoms with van der Waals surface area (Å²) < 4.78 is 8.82. The maximum atomic E-state index is 5.60. The van der Waals surface area contributed by atoms with Crippen LogP contribution in [0, 0.1) is 0 Å². The van der Waals surface area contributed by atoms with E-state index in [4.69, 9.17) is 4.42 Å². The van der Waals surface area contributed by atoms with Gasteiger partial charge in [0.2, 0.25) is 0 Å². The van der Waals surface area contributed by atoms with Gasteiger partial charge in [-0.2, -0.15) is 0 Å². The third-order valence-electron chi connectivity index (χ3n) is 2.50. The Bertz CT molecular complexity index is 523. The third kappa shape index (κ3) is 3.28. The minimum absolute atomic E-state index is 0.0613. The molecule has 2 aromatic heterocycles. The minimum Gasteiger partial charge on any atom is -0.466 e. The molecule has 6 heteroatoms. The van der Waals surface area contributed by atoms with Gasteiger partial charge in [-0.15, -0.1) is 11.3 Å². The normalized spacial score (nSPS) is 12.9. The van der Waals surface area contributed by atoms with Crippen LogP contribution < -0.4 is 5.32 Å². The Morgan fingerprint density at radius 3 is 2.67 bits per heavy atom. The largest absolute Gasteiger partial charge is 0.466 e. The number of nitrogens with one attached hydrogen (secondary N) is 1. The molecule has 98 valence electrons. The fourth-order valence-corrected chi connectivity index (χ4v) is 5.03. The summed E-state index contributed by atoms with van der Waals surface area (Å²) in [4.78, 5) is 0. The summed E-state index contributed by atoms with van der Waals surface area (Å²) >= 11 is 12.3. The highest BCUT2D eigenvalue weighted by atomic mass is 79.9. The zero-order chi connectivity index (χ0) is 13.1. The number of thiophene rings is 1. The van der Waals surface area contributed by atoms with Crippen molar-refractivity contribution < 1.29 is 4.42 Å². The molecule has 0 aliphatic rings. The fraction of sp³-hybridized carbons (Fsp3) is 0.333. The number of halogens is 3. The van der Waals surface area contributed by atoms with E-state index in [1.807, 2.05) is 6.07 Å². The van der Waals surface area contributed by atoms with Crippen LogP contribution in [-0.2, 0) is 0 Å². The highest BCUT2D eigenvalue weighted by molar-refractivity contribution is 9.12. The Labute approximate surface area is 136 Å². The van der Waals surface area contributed by atoms with Crippen molar-refractivity contribution in [2.75, 3.05) is 6.54 Å². The van der Waals surface area contributed by atoms with Crippen molar-refractivity contribution in [2.45, 2.75) is 19.4 Å².